The van der Waals surface area contributed by atoms with Crippen molar-refractivity contribution in [3.8, 4) is 0 Å². The average Bonchev–Trinajstić information content (AvgIpc) is 3.83. The number of ketones is 1. The number of nitrogens with one attached hydrogen (secondary N) is 6. The lowest BCUT2D eigenvalue weighted by Gasteiger charge is -2.10. The lowest BCUT2D eigenvalue weighted by Crippen LogP contribution is -2.33. The molecule has 2 aromatic carbocycles. The maximum atomic E-state index is 14.3. The Morgan fingerprint density at radius 2 is 1.22 bits per heavy atom. The number of carbonyl (C=O) groups excluding carboxylic acids is 5. The third kappa shape index (κ3) is 10.1. The molecule has 4 amide bonds. The van der Waals surface area contributed by atoms with Gasteiger partial charge in [0, 0.05) is 59.1 Å². The Morgan fingerprint density at radius 1 is 0.733 bits per heavy atom. The number of anilines is 2. The van der Waals surface area contributed by atoms with Crippen molar-refractivity contribution in [1.82, 2.24) is 20.6 Å². The van der Waals surface area contributed by atoms with Crippen LogP contribution in [0.15, 0.2) is 30.3 Å². The molecular weight excluding hydrogens is 789 g/mol. The number of fused-ring (bicyclic) bond motifs is 2. The zero-order valence-corrected chi connectivity index (χ0v) is 32.4. The topological polar surface area (TPSA) is 243 Å². The summed E-state index contributed by atoms with van der Waals surface area (Å²) < 4.78 is 41.5. The van der Waals surface area contributed by atoms with Gasteiger partial charge >= 0.3 is 5.97 Å². The van der Waals surface area contributed by atoms with Crippen LogP contribution in [-0.2, 0) is 19.2 Å². The number of carboxylic acid groups (broad SMARTS) is 1. The summed E-state index contributed by atoms with van der Waals surface area (Å²) in [5.74, 6) is -5.94. The highest BCUT2D eigenvalue weighted by Gasteiger charge is 2.31. The van der Waals surface area contributed by atoms with Gasteiger partial charge in [-0.2, -0.15) is 0 Å². The van der Waals surface area contributed by atoms with Crippen molar-refractivity contribution >= 4 is 70.1 Å². The maximum absolute atomic E-state index is 14.3. The van der Waals surface area contributed by atoms with Crippen LogP contribution in [0, 0.1) is 45.1 Å². The Hall–Kier alpha value is -6.79. The Morgan fingerprint density at radius 3 is 1.75 bits per heavy atom. The predicted molar refractivity (Wildman–Crippen MR) is 217 cm³/mol. The normalized spacial score (nSPS) is 14.9. The number of aliphatic hydroxyl groups excluding tert-OH is 2. The minimum absolute atomic E-state index is 0. The Balaban J connectivity index is 0.000000260. The number of Topliss-reactive ketones (excluding diaryl/α,β-unsaturated/α-hetero) is 1. The van der Waals surface area contributed by atoms with Gasteiger partial charge in [0.15, 0.2) is 11.6 Å². The number of rotatable bonds is 12. The Kier molecular flexibility index (Phi) is 14.4. The van der Waals surface area contributed by atoms with E-state index in [0.717, 1.165) is 6.07 Å². The number of H-pyrrole nitrogens is 2. The van der Waals surface area contributed by atoms with Crippen LogP contribution in [0.4, 0.5) is 24.5 Å². The van der Waals surface area contributed by atoms with Crippen LogP contribution in [0.5, 0.6) is 0 Å². The fraction of sp³-hybridized carbons (Fsp3) is 0.286. The SMILES string of the molecule is C.CC(=O)CC(O)CNC(=O)c1c(C)[nH]c(/C=C2\C(=O)Nc3ccc(F)c(F)c32)c1C.Cc1[nH]c(/C=C2\C(=O)Nc3ccc(F)cc32)c(C)c1C(=O)NCC(O)CC(=O)O. The molecule has 0 fully saturated rings. The van der Waals surface area contributed by atoms with Gasteiger partial charge in [-0.05, 0) is 88.2 Å². The van der Waals surface area contributed by atoms with E-state index in [4.69, 9.17) is 5.11 Å². The molecule has 0 bridgehead atoms. The smallest absolute Gasteiger partial charge is 0.306 e. The second-order valence-electron chi connectivity index (χ2n) is 14.1. The van der Waals surface area contributed by atoms with Crippen molar-refractivity contribution in [2.24, 2.45) is 0 Å². The van der Waals surface area contributed by atoms with E-state index in [1.54, 1.807) is 33.8 Å². The van der Waals surface area contributed by atoms with Crippen LogP contribution in [0.2, 0.25) is 0 Å². The quantitative estimate of drug-likeness (QED) is 0.0878. The van der Waals surface area contributed by atoms with Gasteiger partial charge in [-0.25, -0.2) is 13.2 Å². The summed E-state index contributed by atoms with van der Waals surface area (Å²) in [6.45, 7) is 7.71. The molecule has 2 atom stereocenters. The molecule has 2 aliphatic rings. The summed E-state index contributed by atoms with van der Waals surface area (Å²) in [7, 11) is 0. The molecule has 0 radical (unpaired) electrons. The van der Waals surface area contributed by atoms with Crippen molar-refractivity contribution < 1.29 is 57.3 Å². The van der Waals surface area contributed by atoms with E-state index < -0.39 is 59.8 Å². The molecule has 0 saturated heterocycles. The highest BCUT2D eigenvalue weighted by molar-refractivity contribution is 6.35. The van der Waals surface area contributed by atoms with Gasteiger partial charge in [0.1, 0.15) is 11.6 Å². The number of halogens is 3. The van der Waals surface area contributed by atoms with Crippen molar-refractivity contribution in [2.45, 2.75) is 67.1 Å². The summed E-state index contributed by atoms with van der Waals surface area (Å²) in [6, 6.07) is 6.22. The number of hydrogen-bond acceptors (Lipinski definition) is 8. The van der Waals surface area contributed by atoms with Crippen LogP contribution in [0.1, 0.15) is 92.9 Å². The maximum Gasteiger partial charge on any atom is 0.306 e. The van der Waals surface area contributed by atoms with Gasteiger partial charge in [0.2, 0.25) is 0 Å². The number of aliphatic carboxylic acids is 1. The van der Waals surface area contributed by atoms with Crippen molar-refractivity contribution in [1.29, 1.82) is 0 Å². The second kappa shape index (κ2) is 18.9. The molecule has 4 aromatic rings. The zero-order chi connectivity index (χ0) is 43.5. The van der Waals surface area contributed by atoms with E-state index in [0.29, 0.717) is 56.3 Å². The van der Waals surface area contributed by atoms with Crippen molar-refractivity contribution in [3.63, 3.8) is 0 Å². The monoisotopic (exact) mass is 834 g/mol. The third-order valence-corrected chi connectivity index (χ3v) is 9.54. The summed E-state index contributed by atoms with van der Waals surface area (Å²) in [5, 5.41) is 38.2. The zero-order valence-electron chi connectivity index (χ0n) is 32.4. The van der Waals surface area contributed by atoms with E-state index in [1.165, 1.54) is 37.3 Å². The first-order chi connectivity index (χ1) is 27.8. The molecule has 2 aliphatic heterocycles. The summed E-state index contributed by atoms with van der Waals surface area (Å²) in [6.07, 6.45) is 0.176. The molecule has 9 N–H and O–H groups in total. The largest absolute Gasteiger partial charge is 0.481 e. The molecule has 2 unspecified atom stereocenters. The molecule has 6 rings (SSSR count). The van der Waals surface area contributed by atoms with E-state index in [1.807, 2.05) is 0 Å². The second-order valence-corrected chi connectivity index (χ2v) is 14.1. The number of carboxylic acids is 1. The minimum atomic E-state index is -1.20. The van der Waals surface area contributed by atoms with Gasteiger partial charge in [0.25, 0.3) is 23.6 Å². The number of aliphatic hydroxyl groups is 2. The molecular formula is C42H45F3N6O9. The summed E-state index contributed by atoms with van der Waals surface area (Å²) in [4.78, 5) is 77.3. The number of benzene rings is 2. The van der Waals surface area contributed by atoms with E-state index in [2.05, 4.69) is 31.2 Å². The van der Waals surface area contributed by atoms with Crippen molar-refractivity contribution in [2.75, 3.05) is 23.7 Å². The molecule has 4 heterocycles. The first-order valence-electron chi connectivity index (χ1n) is 18.1. The molecule has 15 nitrogen and oxygen atoms in total. The number of aromatic amines is 2. The number of carbonyl (C=O) groups is 6. The van der Waals surface area contributed by atoms with Gasteiger partial charge < -0.3 is 46.6 Å². The van der Waals surface area contributed by atoms with Gasteiger partial charge in [-0.3, -0.25) is 28.8 Å². The molecule has 318 valence electrons. The molecule has 2 aromatic heterocycles. The highest BCUT2D eigenvalue weighted by atomic mass is 19.2. The fourth-order valence-corrected chi connectivity index (χ4v) is 6.74. The molecule has 0 aliphatic carbocycles. The van der Waals surface area contributed by atoms with Crippen molar-refractivity contribution in [3.05, 3.63) is 104 Å². The number of hydrogen-bond donors (Lipinski definition) is 9. The molecule has 0 spiro atoms. The predicted octanol–water partition coefficient (Wildman–Crippen LogP) is 4.94. The van der Waals surface area contributed by atoms with E-state index in [9.17, 15) is 52.2 Å². The van der Waals surface area contributed by atoms with Crippen LogP contribution in [0.25, 0.3) is 23.3 Å². The number of aryl methyl sites for hydroxylation is 2. The first kappa shape index (κ1) is 45.9. The fourth-order valence-electron chi connectivity index (χ4n) is 6.74. The molecule has 18 heteroatoms. The van der Waals surface area contributed by atoms with Crippen LogP contribution < -0.4 is 21.3 Å². The van der Waals surface area contributed by atoms with Crippen LogP contribution >= 0.6 is 0 Å². The van der Waals surface area contributed by atoms with Gasteiger partial charge in [0.05, 0.1) is 46.6 Å². The summed E-state index contributed by atoms with van der Waals surface area (Å²) >= 11 is 0. The highest BCUT2D eigenvalue weighted by Crippen LogP contribution is 2.37. The Labute approximate surface area is 342 Å². The third-order valence-electron chi connectivity index (χ3n) is 9.54. The standard InChI is InChI=1S/C21H21F2N3O4.C20H20FN3O5.CH4/c1-9(27)6-12(28)8-24-21(30)17-10(2)16(25-11(17)3)7-13-18-15(26-20(13)29)5-4-14(22)19(18)23;1-9-16(7-14-13-5-11(21)3-4-15(13)24-19(14)28)23-10(2)18(9)20(29)22-8-12(25)6-17(26)27;/h4-5,7,12,25,28H,6,8H2,1-3H3,(H,24,30)(H,26,29);3-5,7,12,23,25H,6,8H2,1-2H3,(H,22,29)(H,24,28)(H,26,27);1H4/b13-7-;14-7-;. The van der Waals surface area contributed by atoms with E-state index >= 15 is 0 Å². The summed E-state index contributed by atoms with van der Waals surface area (Å²) in [5.41, 5.74) is 4.80. The molecule has 0 saturated carbocycles. The number of amides is 4. The lowest BCUT2D eigenvalue weighted by molar-refractivity contribution is -0.139. The first-order valence-corrected chi connectivity index (χ1v) is 18.1. The van der Waals surface area contributed by atoms with E-state index in [-0.39, 0.29) is 61.0 Å². The van der Waals surface area contributed by atoms with Crippen LogP contribution in [0.3, 0.4) is 0 Å². The number of aromatic nitrogens is 2. The minimum Gasteiger partial charge on any atom is -0.481 e. The lowest BCUT2D eigenvalue weighted by atomic mass is 10.0. The van der Waals surface area contributed by atoms with Gasteiger partial charge in [-0.15, -0.1) is 0 Å². The average molecular weight is 835 g/mol. The van der Waals surface area contributed by atoms with Crippen LogP contribution in [-0.4, -0.2) is 86.0 Å². The Bertz CT molecular complexity index is 2470. The molecule has 60 heavy (non-hydrogen) atoms. The van der Waals surface area contributed by atoms with Gasteiger partial charge in [-0.1, -0.05) is 7.43 Å².